The number of nitriles is 1. The van der Waals surface area contributed by atoms with Crippen LogP contribution in [0.25, 0.3) is 0 Å². The average molecular weight is 467 g/mol. The standard InChI is InChI=1S/C9H15Cl4N3O4S3/c1-7(5-14)6-16(21-9(12,13)8(10)11)23(19,20)15-3-4-22(2,17)18/h7-8,15H,3-4,6H2,1-2H3. The number of nitrogens with zero attached hydrogens (tertiary/aromatic N) is 2. The minimum absolute atomic E-state index is 0.253. The Bertz CT molecular complexity index is 633. The number of hydrogen-bond donors (Lipinski definition) is 1. The van der Waals surface area contributed by atoms with Gasteiger partial charge in [0.05, 0.1) is 17.7 Å². The van der Waals surface area contributed by atoms with Crippen LogP contribution in [-0.4, -0.2) is 54.1 Å². The molecule has 0 rings (SSSR count). The number of nitrogens with one attached hydrogen (secondary N) is 1. The van der Waals surface area contributed by atoms with Crippen LogP contribution in [0.4, 0.5) is 0 Å². The Morgan fingerprint density at radius 2 is 1.83 bits per heavy atom. The van der Waals surface area contributed by atoms with Gasteiger partial charge in [0, 0.05) is 19.3 Å². The Kier molecular flexibility index (Phi) is 9.84. The average Bonchev–Trinajstić information content (AvgIpc) is 2.35. The molecule has 0 bridgehead atoms. The maximum Gasteiger partial charge on any atom is 0.288 e. The first-order valence-electron chi connectivity index (χ1n) is 5.91. The van der Waals surface area contributed by atoms with Crippen molar-refractivity contribution < 1.29 is 16.8 Å². The smallest absolute Gasteiger partial charge is 0.229 e. The van der Waals surface area contributed by atoms with Crippen LogP contribution in [0.5, 0.6) is 0 Å². The predicted octanol–water partition coefficient (Wildman–Crippen LogP) is 1.91. The fourth-order valence-electron chi connectivity index (χ4n) is 1.05. The highest BCUT2D eigenvalue weighted by atomic mass is 35.5. The van der Waals surface area contributed by atoms with Gasteiger partial charge in [-0.05, 0) is 18.9 Å². The second-order valence-corrected chi connectivity index (χ2v) is 12.9. The van der Waals surface area contributed by atoms with Gasteiger partial charge in [-0.15, -0.1) is 26.9 Å². The Morgan fingerprint density at radius 3 is 2.22 bits per heavy atom. The maximum atomic E-state index is 12.3. The van der Waals surface area contributed by atoms with Gasteiger partial charge in [-0.2, -0.15) is 13.7 Å². The lowest BCUT2D eigenvalue weighted by Crippen LogP contribution is -2.42. The van der Waals surface area contributed by atoms with Crippen LogP contribution in [-0.2, 0) is 20.0 Å². The van der Waals surface area contributed by atoms with Crippen LogP contribution in [0.1, 0.15) is 6.92 Å². The molecular weight excluding hydrogens is 452 g/mol. The number of hydrogen-bond acceptors (Lipinski definition) is 6. The van der Waals surface area contributed by atoms with Crippen molar-refractivity contribution in [3.8, 4) is 6.07 Å². The lowest BCUT2D eigenvalue weighted by molar-refractivity contribution is 0.505. The van der Waals surface area contributed by atoms with Gasteiger partial charge in [-0.1, -0.05) is 23.2 Å². The minimum Gasteiger partial charge on any atom is -0.229 e. The van der Waals surface area contributed by atoms with Crippen LogP contribution in [0, 0.1) is 17.2 Å². The summed E-state index contributed by atoms with van der Waals surface area (Å²) in [6.07, 6.45) is 0.972. The van der Waals surface area contributed by atoms with Gasteiger partial charge in [-0.25, -0.2) is 13.1 Å². The molecule has 0 amide bonds. The molecule has 136 valence electrons. The lowest BCUT2D eigenvalue weighted by Gasteiger charge is -2.28. The SMILES string of the molecule is CC(C#N)CN(SC(Cl)(Cl)C(Cl)Cl)S(=O)(=O)NCCS(C)(=O)=O. The van der Waals surface area contributed by atoms with Crippen molar-refractivity contribution in [3.63, 3.8) is 0 Å². The van der Waals surface area contributed by atoms with Crippen molar-refractivity contribution >= 4 is 78.4 Å². The largest absolute Gasteiger partial charge is 0.288 e. The first-order valence-corrected chi connectivity index (χ1v) is 11.8. The topological polar surface area (TPSA) is 107 Å². The van der Waals surface area contributed by atoms with Gasteiger partial charge < -0.3 is 0 Å². The molecule has 1 atom stereocenters. The molecule has 0 aliphatic heterocycles. The summed E-state index contributed by atoms with van der Waals surface area (Å²) in [5.41, 5.74) is 0. The summed E-state index contributed by atoms with van der Waals surface area (Å²) >= 11 is 23.3. The second-order valence-electron chi connectivity index (χ2n) is 4.50. The van der Waals surface area contributed by atoms with Crippen molar-refractivity contribution in [1.82, 2.24) is 8.43 Å². The summed E-state index contributed by atoms with van der Waals surface area (Å²) in [5, 5.41) is 8.84. The summed E-state index contributed by atoms with van der Waals surface area (Å²) < 4.78 is 47.5. The van der Waals surface area contributed by atoms with Crippen LogP contribution in [0.3, 0.4) is 0 Å². The van der Waals surface area contributed by atoms with Crippen LogP contribution in [0.2, 0.25) is 0 Å². The molecule has 0 heterocycles. The van der Waals surface area contributed by atoms with E-state index in [1.54, 1.807) is 0 Å². The van der Waals surface area contributed by atoms with Crippen molar-refractivity contribution in [2.75, 3.05) is 25.1 Å². The zero-order valence-corrected chi connectivity index (χ0v) is 17.5. The molecule has 0 aromatic carbocycles. The van der Waals surface area contributed by atoms with Crippen molar-refractivity contribution in [2.24, 2.45) is 5.92 Å². The molecular formula is C9H15Cl4N3O4S3. The van der Waals surface area contributed by atoms with Crippen LogP contribution < -0.4 is 4.72 Å². The van der Waals surface area contributed by atoms with Crippen molar-refractivity contribution in [1.29, 1.82) is 5.26 Å². The molecule has 0 radical (unpaired) electrons. The first kappa shape index (κ1) is 23.8. The van der Waals surface area contributed by atoms with Crippen molar-refractivity contribution in [2.45, 2.75) is 15.4 Å². The normalized spacial score (nSPS) is 14.9. The van der Waals surface area contributed by atoms with Gasteiger partial charge in [0.25, 0.3) is 10.2 Å². The van der Waals surface area contributed by atoms with Gasteiger partial charge in [0.15, 0.2) is 4.84 Å². The van der Waals surface area contributed by atoms with E-state index < -0.39 is 34.5 Å². The molecule has 0 saturated carbocycles. The zero-order chi connectivity index (χ0) is 18.5. The van der Waals surface area contributed by atoms with E-state index in [2.05, 4.69) is 4.72 Å². The Balaban J connectivity index is 5.21. The van der Waals surface area contributed by atoms with Gasteiger partial charge in [0.1, 0.15) is 9.84 Å². The molecule has 0 aromatic heterocycles. The maximum absolute atomic E-state index is 12.3. The third kappa shape index (κ3) is 9.77. The fourth-order valence-corrected chi connectivity index (χ4v) is 5.12. The molecule has 0 aliphatic carbocycles. The van der Waals surface area contributed by atoms with Crippen LogP contribution in [0.15, 0.2) is 0 Å². The quantitative estimate of drug-likeness (QED) is 0.389. The monoisotopic (exact) mass is 465 g/mol. The van der Waals surface area contributed by atoms with E-state index in [0.29, 0.717) is 11.9 Å². The Morgan fingerprint density at radius 1 is 1.30 bits per heavy atom. The van der Waals surface area contributed by atoms with Crippen molar-refractivity contribution in [3.05, 3.63) is 0 Å². The summed E-state index contributed by atoms with van der Waals surface area (Å²) in [6, 6.07) is 1.87. The molecule has 1 unspecified atom stereocenters. The third-order valence-electron chi connectivity index (χ3n) is 2.15. The number of alkyl halides is 4. The molecule has 0 saturated heterocycles. The van der Waals surface area contributed by atoms with Crippen LogP contribution >= 0.6 is 58.4 Å². The molecule has 14 heteroatoms. The van der Waals surface area contributed by atoms with E-state index in [4.69, 9.17) is 51.7 Å². The predicted molar refractivity (Wildman–Crippen MR) is 95.6 cm³/mol. The molecule has 23 heavy (non-hydrogen) atoms. The molecule has 0 aromatic rings. The van der Waals surface area contributed by atoms with Gasteiger partial charge in [0.2, 0.25) is 3.67 Å². The highest BCUT2D eigenvalue weighted by molar-refractivity contribution is 8.10. The summed E-state index contributed by atoms with van der Waals surface area (Å²) in [5.74, 6) is -1.07. The zero-order valence-electron chi connectivity index (χ0n) is 12.0. The molecule has 1 N–H and O–H groups in total. The van der Waals surface area contributed by atoms with E-state index in [-0.39, 0.29) is 18.8 Å². The Hall–Kier alpha value is 0.820. The second kappa shape index (κ2) is 9.50. The first-order chi connectivity index (χ1) is 10.2. The third-order valence-corrected chi connectivity index (χ3v) is 8.20. The van der Waals surface area contributed by atoms with E-state index >= 15 is 0 Å². The summed E-state index contributed by atoms with van der Waals surface area (Å²) in [7, 11) is -7.52. The fraction of sp³-hybridized carbons (Fsp3) is 0.889. The highest BCUT2D eigenvalue weighted by Gasteiger charge is 2.40. The summed E-state index contributed by atoms with van der Waals surface area (Å²) in [4.78, 5) is -1.32. The Labute approximate surface area is 160 Å². The number of halogens is 4. The van der Waals surface area contributed by atoms with E-state index in [1.807, 2.05) is 6.07 Å². The molecule has 0 aliphatic rings. The van der Waals surface area contributed by atoms with E-state index in [0.717, 1.165) is 9.97 Å². The number of rotatable bonds is 10. The number of sulfone groups is 1. The van der Waals surface area contributed by atoms with Gasteiger partial charge in [-0.3, -0.25) is 0 Å². The molecule has 0 fully saturated rings. The molecule has 7 nitrogen and oxygen atoms in total. The summed E-state index contributed by atoms with van der Waals surface area (Å²) in [6.45, 7) is 0.890. The van der Waals surface area contributed by atoms with Gasteiger partial charge >= 0.3 is 0 Å². The van der Waals surface area contributed by atoms with E-state index in [1.165, 1.54) is 6.92 Å². The highest BCUT2D eigenvalue weighted by Crippen LogP contribution is 2.45. The molecule has 0 spiro atoms. The lowest BCUT2D eigenvalue weighted by atomic mass is 10.2. The van der Waals surface area contributed by atoms with E-state index in [9.17, 15) is 16.8 Å². The minimum atomic E-state index is -4.17.